The number of hydrogen-bond donors (Lipinski definition) is 0. The standard InChI is InChI=1S/C22H28N2O2/c1-4-23(16-20-10-6-5-7-11-20)22(26)13-14-24(19(3)25)17-21-12-8-9-18(2)15-21/h5-12,15H,4,13-14,16-17H2,1-3H3. The van der Waals surface area contributed by atoms with Crippen molar-refractivity contribution in [1.29, 1.82) is 0 Å². The fraction of sp³-hybridized carbons (Fsp3) is 0.364. The Kier molecular flexibility index (Phi) is 7.39. The third-order valence-corrected chi connectivity index (χ3v) is 4.45. The van der Waals surface area contributed by atoms with Crippen LogP contribution in [0, 0.1) is 6.92 Å². The Morgan fingerprint density at radius 2 is 1.54 bits per heavy atom. The molecule has 0 heterocycles. The van der Waals surface area contributed by atoms with Crippen LogP contribution in [0.4, 0.5) is 0 Å². The van der Waals surface area contributed by atoms with Crippen molar-refractivity contribution in [2.45, 2.75) is 40.3 Å². The number of hydrogen-bond acceptors (Lipinski definition) is 2. The molecule has 138 valence electrons. The largest absolute Gasteiger partial charge is 0.339 e. The summed E-state index contributed by atoms with van der Waals surface area (Å²) in [5.41, 5.74) is 3.37. The highest BCUT2D eigenvalue weighted by atomic mass is 16.2. The second kappa shape index (κ2) is 9.76. The van der Waals surface area contributed by atoms with Gasteiger partial charge in [0.2, 0.25) is 11.8 Å². The molecule has 0 fully saturated rings. The molecule has 0 aromatic heterocycles. The lowest BCUT2D eigenvalue weighted by Gasteiger charge is -2.25. The molecule has 0 saturated heterocycles. The summed E-state index contributed by atoms with van der Waals surface area (Å²) in [6, 6.07) is 18.1. The molecule has 0 spiro atoms. The molecule has 0 bridgehead atoms. The Hall–Kier alpha value is -2.62. The molecule has 0 saturated carbocycles. The maximum Gasteiger partial charge on any atom is 0.224 e. The lowest BCUT2D eigenvalue weighted by Crippen LogP contribution is -2.35. The molecule has 0 aliphatic heterocycles. The lowest BCUT2D eigenvalue weighted by molar-refractivity contribution is -0.134. The van der Waals surface area contributed by atoms with Crippen LogP contribution in [0.25, 0.3) is 0 Å². The van der Waals surface area contributed by atoms with E-state index in [0.717, 1.165) is 11.1 Å². The van der Waals surface area contributed by atoms with Crippen LogP contribution >= 0.6 is 0 Å². The Bertz CT molecular complexity index is 728. The van der Waals surface area contributed by atoms with Crippen molar-refractivity contribution in [2.24, 2.45) is 0 Å². The fourth-order valence-corrected chi connectivity index (χ4v) is 2.95. The zero-order valence-corrected chi connectivity index (χ0v) is 15.9. The fourth-order valence-electron chi connectivity index (χ4n) is 2.95. The second-order valence-corrected chi connectivity index (χ2v) is 6.57. The summed E-state index contributed by atoms with van der Waals surface area (Å²) in [7, 11) is 0. The van der Waals surface area contributed by atoms with Gasteiger partial charge in [0.05, 0.1) is 0 Å². The number of amides is 2. The topological polar surface area (TPSA) is 40.6 Å². The first kappa shape index (κ1) is 19.7. The Morgan fingerprint density at radius 1 is 0.885 bits per heavy atom. The molecule has 0 atom stereocenters. The Morgan fingerprint density at radius 3 is 2.15 bits per heavy atom. The van der Waals surface area contributed by atoms with Gasteiger partial charge in [0.1, 0.15) is 0 Å². The van der Waals surface area contributed by atoms with Gasteiger partial charge in [0, 0.05) is 39.5 Å². The van der Waals surface area contributed by atoms with Crippen molar-refractivity contribution in [3.8, 4) is 0 Å². The van der Waals surface area contributed by atoms with E-state index in [1.54, 1.807) is 11.8 Å². The van der Waals surface area contributed by atoms with E-state index >= 15 is 0 Å². The average molecular weight is 352 g/mol. The highest BCUT2D eigenvalue weighted by molar-refractivity contribution is 5.78. The van der Waals surface area contributed by atoms with Crippen molar-refractivity contribution in [2.75, 3.05) is 13.1 Å². The minimum atomic E-state index is -0.00888. The maximum absolute atomic E-state index is 12.6. The van der Waals surface area contributed by atoms with Crippen LogP contribution in [0.5, 0.6) is 0 Å². The van der Waals surface area contributed by atoms with E-state index in [-0.39, 0.29) is 11.8 Å². The molecule has 0 unspecified atom stereocenters. The number of benzene rings is 2. The van der Waals surface area contributed by atoms with Crippen LogP contribution in [0.1, 0.15) is 37.0 Å². The predicted octanol–water partition coefficient (Wildman–Crippen LogP) is 3.78. The highest BCUT2D eigenvalue weighted by Crippen LogP contribution is 2.10. The molecule has 2 aromatic rings. The van der Waals surface area contributed by atoms with E-state index < -0.39 is 0 Å². The Balaban J connectivity index is 1.94. The van der Waals surface area contributed by atoms with Crippen LogP contribution in [0.3, 0.4) is 0 Å². The highest BCUT2D eigenvalue weighted by Gasteiger charge is 2.16. The van der Waals surface area contributed by atoms with Crippen molar-refractivity contribution in [3.63, 3.8) is 0 Å². The Labute approximate surface area is 156 Å². The predicted molar refractivity (Wildman–Crippen MR) is 104 cm³/mol. The normalized spacial score (nSPS) is 10.4. The molecule has 0 N–H and O–H groups in total. The van der Waals surface area contributed by atoms with E-state index in [2.05, 4.69) is 6.07 Å². The van der Waals surface area contributed by atoms with Crippen LogP contribution in [0.2, 0.25) is 0 Å². The molecule has 26 heavy (non-hydrogen) atoms. The summed E-state index contributed by atoms with van der Waals surface area (Å²) in [4.78, 5) is 28.2. The van der Waals surface area contributed by atoms with Crippen LogP contribution in [-0.2, 0) is 22.7 Å². The van der Waals surface area contributed by atoms with Gasteiger partial charge >= 0.3 is 0 Å². The van der Waals surface area contributed by atoms with E-state index in [4.69, 9.17) is 0 Å². The monoisotopic (exact) mass is 352 g/mol. The first-order chi connectivity index (χ1) is 12.5. The van der Waals surface area contributed by atoms with Crippen molar-refractivity contribution in [1.82, 2.24) is 9.80 Å². The molecule has 0 radical (unpaired) electrons. The van der Waals surface area contributed by atoms with E-state index in [0.29, 0.717) is 32.6 Å². The van der Waals surface area contributed by atoms with Crippen LogP contribution < -0.4 is 0 Å². The molecular formula is C22H28N2O2. The summed E-state index contributed by atoms with van der Waals surface area (Å²) in [5.74, 6) is 0.0669. The smallest absolute Gasteiger partial charge is 0.224 e. The van der Waals surface area contributed by atoms with Gasteiger partial charge in [-0.1, -0.05) is 60.2 Å². The van der Waals surface area contributed by atoms with Gasteiger partial charge in [-0.2, -0.15) is 0 Å². The van der Waals surface area contributed by atoms with E-state index in [9.17, 15) is 9.59 Å². The second-order valence-electron chi connectivity index (χ2n) is 6.57. The number of rotatable bonds is 8. The minimum Gasteiger partial charge on any atom is -0.339 e. The molecule has 2 rings (SSSR count). The summed E-state index contributed by atoms with van der Waals surface area (Å²) in [6.07, 6.45) is 0.339. The van der Waals surface area contributed by atoms with Gasteiger partial charge in [-0.3, -0.25) is 9.59 Å². The van der Waals surface area contributed by atoms with Gasteiger partial charge in [-0.15, -0.1) is 0 Å². The molecule has 0 aliphatic rings. The minimum absolute atomic E-state index is 0.00888. The number of nitrogens with zero attached hydrogens (tertiary/aromatic N) is 2. The summed E-state index contributed by atoms with van der Waals surface area (Å²) >= 11 is 0. The number of carbonyl (C=O) groups excluding carboxylic acids is 2. The summed E-state index contributed by atoms with van der Waals surface area (Å²) in [5, 5.41) is 0. The zero-order valence-electron chi connectivity index (χ0n) is 15.9. The van der Waals surface area contributed by atoms with Gasteiger partial charge in [-0.05, 0) is 25.0 Å². The lowest BCUT2D eigenvalue weighted by atomic mass is 10.1. The molecule has 0 aliphatic carbocycles. The van der Waals surface area contributed by atoms with E-state index in [1.165, 1.54) is 5.56 Å². The molecule has 2 amide bonds. The third-order valence-electron chi connectivity index (χ3n) is 4.45. The van der Waals surface area contributed by atoms with Gasteiger partial charge in [-0.25, -0.2) is 0 Å². The first-order valence-electron chi connectivity index (χ1n) is 9.12. The SMILES string of the molecule is CCN(Cc1ccccc1)C(=O)CCN(Cc1cccc(C)c1)C(C)=O. The van der Waals surface area contributed by atoms with Crippen molar-refractivity contribution < 1.29 is 9.59 Å². The van der Waals surface area contributed by atoms with Crippen LogP contribution in [-0.4, -0.2) is 34.7 Å². The number of aryl methyl sites for hydroxylation is 1. The quantitative estimate of drug-likeness (QED) is 0.725. The van der Waals surface area contributed by atoms with E-state index in [1.807, 2.05) is 67.3 Å². The molecule has 2 aromatic carbocycles. The van der Waals surface area contributed by atoms with Crippen molar-refractivity contribution >= 4 is 11.8 Å². The molecule has 4 heteroatoms. The van der Waals surface area contributed by atoms with Gasteiger partial charge < -0.3 is 9.80 Å². The maximum atomic E-state index is 12.6. The zero-order chi connectivity index (χ0) is 18.9. The average Bonchev–Trinajstić information content (AvgIpc) is 2.63. The molecular weight excluding hydrogens is 324 g/mol. The molecule has 4 nitrogen and oxygen atoms in total. The van der Waals surface area contributed by atoms with Crippen molar-refractivity contribution in [3.05, 3.63) is 71.3 Å². The van der Waals surface area contributed by atoms with Gasteiger partial charge in [0.25, 0.3) is 0 Å². The number of carbonyl (C=O) groups is 2. The third kappa shape index (κ3) is 6.03. The summed E-state index contributed by atoms with van der Waals surface area (Å²) in [6.45, 7) is 7.81. The van der Waals surface area contributed by atoms with Crippen LogP contribution in [0.15, 0.2) is 54.6 Å². The van der Waals surface area contributed by atoms with Gasteiger partial charge in [0.15, 0.2) is 0 Å². The first-order valence-corrected chi connectivity index (χ1v) is 9.12. The summed E-state index contributed by atoms with van der Waals surface area (Å²) < 4.78 is 0.